The molecule has 6 nitrogen and oxygen atoms in total. The fraction of sp³-hybridized carbons (Fsp3) is 0.357. The quantitative estimate of drug-likeness (QED) is 0.818. The average Bonchev–Trinajstić information content (AvgIpc) is 2.51. The van der Waals surface area contributed by atoms with E-state index in [0.29, 0.717) is 17.9 Å². The number of halogens is 2. The zero-order valence-corrected chi connectivity index (χ0v) is 12.7. The number of aromatic amines is 1. The van der Waals surface area contributed by atoms with Gasteiger partial charge in [-0.05, 0) is 13.0 Å². The van der Waals surface area contributed by atoms with E-state index >= 15 is 0 Å². The molecule has 0 amide bonds. The molecule has 2 aromatic rings. The van der Waals surface area contributed by atoms with Crippen molar-refractivity contribution in [3.8, 4) is 11.4 Å². The van der Waals surface area contributed by atoms with Gasteiger partial charge in [0.1, 0.15) is 10.8 Å². The molecule has 2 aromatic heterocycles. The van der Waals surface area contributed by atoms with Gasteiger partial charge in [-0.3, -0.25) is 4.79 Å². The fourth-order valence-electron chi connectivity index (χ4n) is 2.48. The SMILES string of the molecule is CC1CNCCN1c1nc(-c2ccnc(F)c2)[nH]c(=O)c1Cl. The van der Waals surface area contributed by atoms with E-state index < -0.39 is 11.5 Å². The van der Waals surface area contributed by atoms with Crippen molar-refractivity contribution >= 4 is 17.4 Å². The normalized spacial score (nSPS) is 18.5. The Hall–Kier alpha value is -1.99. The number of hydrogen-bond donors (Lipinski definition) is 2. The molecule has 3 heterocycles. The molecule has 1 fully saturated rings. The molecule has 0 aromatic carbocycles. The van der Waals surface area contributed by atoms with Crippen LogP contribution in [0, 0.1) is 5.95 Å². The number of pyridine rings is 1. The number of aromatic nitrogens is 3. The summed E-state index contributed by atoms with van der Waals surface area (Å²) in [4.78, 5) is 24.6. The van der Waals surface area contributed by atoms with Gasteiger partial charge in [0, 0.05) is 43.5 Å². The van der Waals surface area contributed by atoms with Crippen molar-refractivity contribution in [3.63, 3.8) is 0 Å². The Morgan fingerprint density at radius 3 is 3.05 bits per heavy atom. The van der Waals surface area contributed by atoms with Crippen LogP contribution in [-0.4, -0.2) is 40.6 Å². The minimum Gasteiger partial charge on any atom is -0.350 e. The molecular formula is C14H15ClFN5O. The second-order valence-electron chi connectivity index (χ2n) is 5.17. The van der Waals surface area contributed by atoms with E-state index in [1.165, 1.54) is 12.3 Å². The Balaban J connectivity index is 2.09. The van der Waals surface area contributed by atoms with Crippen LogP contribution in [0.5, 0.6) is 0 Å². The Kier molecular flexibility index (Phi) is 4.08. The van der Waals surface area contributed by atoms with Crippen molar-refractivity contribution < 1.29 is 4.39 Å². The second kappa shape index (κ2) is 6.02. The second-order valence-corrected chi connectivity index (χ2v) is 5.54. The van der Waals surface area contributed by atoms with Gasteiger partial charge in [-0.1, -0.05) is 11.6 Å². The van der Waals surface area contributed by atoms with Crippen LogP contribution in [0.3, 0.4) is 0 Å². The predicted molar refractivity (Wildman–Crippen MR) is 82.7 cm³/mol. The number of nitrogens with one attached hydrogen (secondary N) is 2. The molecular weight excluding hydrogens is 309 g/mol. The van der Waals surface area contributed by atoms with E-state index in [0.717, 1.165) is 13.1 Å². The van der Waals surface area contributed by atoms with E-state index in [1.54, 1.807) is 6.07 Å². The molecule has 2 N–H and O–H groups in total. The highest BCUT2D eigenvalue weighted by Gasteiger charge is 2.24. The van der Waals surface area contributed by atoms with Gasteiger partial charge in [0.15, 0.2) is 5.82 Å². The number of piperazine rings is 1. The van der Waals surface area contributed by atoms with Crippen LogP contribution in [0.1, 0.15) is 6.92 Å². The molecule has 3 rings (SSSR count). The molecule has 0 aliphatic carbocycles. The molecule has 0 bridgehead atoms. The van der Waals surface area contributed by atoms with E-state index in [4.69, 9.17) is 11.6 Å². The Morgan fingerprint density at radius 2 is 2.32 bits per heavy atom. The van der Waals surface area contributed by atoms with Gasteiger partial charge in [-0.25, -0.2) is 9.97 Å². The minimum atomic E-state index is -0.632. The first-order valence-corrected chi connectivity index (χ1v) is 7.33. The summed E-state index contributed by atoms with van der Waals surface area (Å²) in [5.74, 6) is 0.0651. The summed E-state index contributed by atoms with van der Waals surface area (Å²) in [7, 11) is 0. The standard InChI is InChI=1S/C14H15ClFN5O/c1-8-7-17-4-5-21(8)13-11(15)14(22)20-12(19-13)9-2-3-18-10(16)6-9/h2-3,6,8,17H,4-5,7H2,1H3,(H,19,20,22). The van der Waals surface area contributed by atoms with Gasteiger partial charge in [-0.15, -0.1) is 0 Å². The first-order chi connectivity index (χ1) is 10.6. The van der Waals surface area contributed by atoms with Crippen LogP contribution in [0.25, 0.3) is 11.4 Å². The van der Waals surface area contributed by atoms with Crippen LogP contribution < -0.4 is 15.8 Å². The lowest BCUT2D eigenvalue weighted by Crippen LogP contribution is -2.50. The molecule has 8 heteroatoms. The van der Waals surface area contributed by atoms with Gasteiger partial charge in [0.2, 0.25) is 5.95 Å². The van der Waals surface area contributed by atoms with E-state index in [9.17, 15) is 9.18 Å². The Bertz CT molecular complexity index is 750. The molecule has 1 aliphatic rings. The highest BCUT2D eigenvalue weighted by molar-refractivity contribution is 6.32. The molecule has 116 valence electrons. The molecule has 1 aliphatic heterocycles. The van der Waals surface area contributed by atoms with Crippen molar-refractivity contribution in [3.05, 3.63) is 39.7 Å². The van der Waals surface area contributed by atoms with Crippen molar-refractivity contribution in [2.75, 3.05) is 24.5 Å². The van der Waals surface area contributed by atoms with Gasteiger partial charge in [-0.2, -0.15) is 4.39 Å². The molecule has 0 saturated carbocycles. The third kappa shape index (κ3) is 2.82. The van der Waals surface area contributed by atoms with Crippen molar-refractivity contribution in [1.82, 2.24) is 20.3 Å². The Morgan fingerprint density at radius 1 is 1.50 bits per heavy atom. The summed E-state index contributed by atoms with van der Waals surface area (Å²) in [6.07, 6.45) is 1.33. The summed E-state index contributed by atoms with van der Waals surface area (Å²) in [5.41, 5.74) is 0.00919. The smallest absolute Gasteiger partial charge is 0.272 e. The summed E-state index contributed by atoms with van der Waals surface area (Å²) < 4.78 is 13.3. The summed E-state index contributed by atoms with van der Waals surface area (Å²) >= 11 is 6.13. The zero-order chi connectivity index (χ0) is 15.7. The number of rotatable bonds is 2. The Labute approximate surface area is 131 Å². The van der Waals surface area contributed by atoms with Crippen molar-refractivity contribution in [2.45, 2.75) is 13.0 Å². The lowest BCUT2D eigenvalue weighted by molar-refractivity contribution is 0.497. The zero-order valence-electron chi connectivity index (χ0n) is 11.9. The predicted octanol–water partition coefficient (Wildman–Crippen LogP) is 1.42. The molecule has 1 saturated heterocycles. The van der Waals surface area contributed by atoms with Crippen molar-refractivity contribution in [2.24, 2.45) is 0 Å². The molecule has 22 heavy (non-hydrogen) atoms. The molecule has 1 atom stereocenters. The van der Waals surface area contributed by atoms with Crippen LogP contribution in [0.4, 0.5) is 10.2 Å². The third-order valence-electron chi connectivity index (χ3n) is 3.62. The van der Waals surface area contributed by atoms with Gasteiger partial charge in [0.05, 0.1) is 0 Å². The van der Waals surface area contributed by atoms with Crippen LogP contribution in [-0.2, 0) is 0 Å². The van der Waals surface area contributed by atoms with E-state index in [2.05, 4.69) is 20.3 Å². The molecule has 0 spiro atoms. The molecule has 1 unspecified atom stereocenters. The van der Waals surface area contributed by atoms with E-state index in [-0.39, 0.29) is 16.9 Å². The summed E-state index contributed by atoms with van der Waals surface area (Å²) in [6, 6.07) is 2.96. The van der Waals surface area contributed by atoms with Crippen molar-refractivity contribution in [1.29, 1.82) is 0 Å². The van der Waals surface area contributed by atoms with Gasteiger partial charge >= 0.3 is 0 Å². The maximum Gasteiger partial charge on any atom is 0.272 e. The van der Waals surface area contributed by atoms with Gasteiger partial charge in [0.25, 0.3) is 5.56 Å². The third-order valence-corrected chi connectivity index (χ3v) is 3.96. The number of nitrogens with zero attached hydrogens (tertiary/aromatic N) is 3. The van der Waals surface area contributed by atoms with Crippen LogP contribution in [0.2, 0.25) is 5.02 Å². The van der Waals surface area contributed by atoms with E-state index in [1.807, 2.05) is 11.8 Å². The van der Waals surface area contributed by atoms with Crippen LogP contribution in [0.15, 0.2) is 23.1 Å². The average molecular weight is 324 g/mol. The topological polar surface area (TPSA) is 73.9 Å². The lowest BCUT2D eigenvalue weighted by Gasteiger charge is -2.35. The lowest BCUT2D eigenvalue weighted by atomic mass is 10.2. The monoisotopic (exact) mass is 323 g/mol. The highest BCUT2D eigenvalue weighted by Crippen LogP contribution is 2.25. The fourth-order valence-corrected chi connectivity index (χ4v) is 2.68. The summed E-state index contributed by atoms with van der Waals surface area (Å²) in [6.45, 7) is 4.29. The first-order valence-electron chi connectivity index (χ1n) is 6.95. The van der Waals surface area contributed by atoms with Crippen LogP contribution >= 0.6 is 11.6 Å². The van der Waals surface area contributed by atoms with Gasteiger partial charge < -0.3 is 15.2 Å². The minimum absolute atomic E-state index is 0.0482. The number of H-pyrrole nitrogens is 1. The maximum absolute atomic E-state index is 13.3. The summed E-state index contributed by atoms with van der Waals surface area (Å²) in [5, 5.41) is 3.31. The maximum atomic E-state index is 13.3. The molecule has 0 radical (unpaired) electrons. The largest absolute Gasteiger partial charge is 0.350 e. The number of hydrogen-bond acceptors (Lipinski definition) is 5. The number of anilines is 1. The highest BCUT2D eigenvalue weighted by atomic mass is 35.5. The first kappa shape index (κ1) is 14.9.